The first-order chi connectivity index (χ1) is 8.38. The van der Waals surface area contributed by atoms with Crippen molar-refractivity contribution < 1.29 is 4.79 Å². The summed E-state index contributed by atoms with van der Waals surface area (Å²) < 4.78 is 1.91. The number of nitrogen functional groups attached to an aromatic ring is 1. The van der Waals surface area contributed by atoms with Crippen LogP contribution in [-0.2, 0) is 0 Å². The van der Waals surface area contributed by atoms with E-state index in [-0.39, 0.29) is 18.0 Å². The van der Waals surface area contributed by atoms with E-state index >= 15 is 0 Å². The summed E-state index contributed by atoms with van der Waals surface area (Å²) in [6.07, 6.45) is 3.55. The van der Waals surface area contributed by atoms with Gasteiger partial charge in [0.05, 0.1) is 5.69 Å². The van der Waals surface area contributed by atoms with E-state index < -0.39 is 0 Å². The Hall–Kier alpha value is -1.71. The smallest absolute Gasteiger partial charge is 0.271 e. The number of anilines is 1. The largest absolute Gasteiger partial charge is 0.397 e. The molecule has 0 unspecified atom stereocenters. The minimum atomic E-state index is -0.00435. The highest BCUT2D eigenvalue weighted by atomic mass is 16.2. The molecule has 0 fully saturated rings. The molecule has 0 saturated heterocycles. The number of hydrogen-bond donors (Lipinski definition) is 1. The number of amides is 1. The zero-order valence-corrected chi connectivity index (χ0v) is 11.7. The molecule has 1 aromatic heterocycles. The van der Waals surface area contributed by atoms with Crippen LogP contribution in [0.4, 0.5) is 5.69 Å². The molecule has 0 saturated carbocycles. The standard InChI is InChI=1S/C14H23N3O/c1-6-7-16(10(2)3)14(18)13-8-12(15)9-17(13)11(4)5/h6,8-11H,1,7,15H2,2-5H3. The van der Waals surface area contributed by atoms with Crippen molar-refractivity contribution in [2.45, 2.75) is 39.8 Å². The summed E-state index contributed by atoms with van der Waals surface area (Å²) in [5.41, 5.74) is 7.05. The molecule has 1 aromatic rings. The zero-order chi connectivity index (χ0) is 13.9. The molecule has 0 aromatic carbocycles. The van der Waals surface area contributed by atoms with Gasteiger partial charge < -0.3 is 15.2 Å². The van der Waals surface area contributed by atoms with Gasteiger partial charge in [0.2, 0.25) is 0 Å². The maximum absolute atomic E-state index is 12.5. The van der Waals surface area contributed by atoms with E-state index in [0.29, 0.717) is 17.9 Å². The lowest BCUT2D eigenvalue weighted by Crippen LogP contribution is -2.38. The summed E-state index contributed by atoms with van der Waals surface area (Å²) in [6.45, 7) is 12.3. The van der Waals surface area contributed by atoms with Crippen LogP contribution in [0.15, 0.2) is 24.9 Å². The second-order valence-electron chi connectivity index (χ2n) is 5.00. The lowest BCUT2D eigenvalue weighted by Gasteiger charge is -2.26. The van der Waals surface area contributed by atoms with Crippen LogP contribution in [0.25, 0.3) is 0 Å². The molecule has 4 nitrogen and oxygen atoms in total. The first-order valence-corrected chi connectivity index (χ1v) is 6.27. The van der Waals surface area contributed by atoms with Crippen molar-refractivity contribution in [2.24, 2.45) is 0 Å². The second kappa shape index (κ2) is 5.76. The van der Waals surface area contributed by atoms with Crippen molar-refractivity contribution in [3.05, 3.63) is 30.6 Å². The lowest BCUT2D eigenvalue weighted by molar-refractivity contribution is 0.0716. The van der Waals surface area contributed by atoms with Gasteiger partial charge in [0.15, 0.2) is 0 Å². The van der Waals surface area contributed by atoms with Gasteiger partial charge in [-0.05, 0) is 33.8 Å². The van der Waals surface area contributed by atoms with Crippen LogP contribution < -0.4 is 5.73 Å². The Morgan fingerprint density at radius 2 is 2.11 bits per heavy atom. The van der Waals surface area contributed by atoms with Gasteiger partial charge in [-0.15, -0.1) is 6.58 Å². The predicted octanol–water partition coefficient (Wildman–Crippen LogP) is 2.69. The molecule has 0 bridgehead atoms. The van der Waals surface area contributed by atoms with Crippen molar-refractivity contribution in [3.63, 3.8) is 0 Å². The molecule has 2 N–H and O–H groups in total. The molecule has 0 aliphatic rings. The Labute approximate surface area is 109 Å². The maximum Gasteiger partial charge on any atom is 0.271 e. The van der Waals surface area contributed by atoms with E-state index in [0.717, 1.165) is 0 Å². The molecule has 0 aliphatic heterocycles. The molecule has 0 atom stereocenters. The van der Waals surface area contributed by atoms with E-state index in [1.807, 2.05) is 38.5 Å². The van der Waals surface area contributed by atoms with Crippen LogP contribution in [-0.4, -0.2) is 28.0 Å². The van der Waals surface area contributed by atoms with Gasteiger partial charge in [-0.3, -0.25) is 4.79 Å². The number of nitrogens with zero attached hydrogens (tertiary/aromatic N) is 2. The van der Waals surface area contributed by atoms with Crippen molar-refractivity contribution >= 4 is 11.6 Å². The van der Waals surface area contributed by atoms with Crippen LogP contribution in [0.5, 0.6) is 0 Å². The summed E-state index contributed by atoms with van der Waals surface area (Å²) in [5, 5.41) is 0. The van der Waals surface area contributed by atoms with E-state index in [1.165, 1.54) is 0 Å². The fraction of sp³-hybridized carbons (Fsp3) is 0.500. The number of rotatable bonds is 5. The number of carbonyl (C=O) groups excluding carboxylic acids is 1. The van der Waals surface area contributed by atoms with E-state index in [1.54, 1.807) is 17.0 Å². The third kappa shape index (κ3) is 2.94. The van der Waals surface area contributed by atoms with Crippen molar-refractivity contribution in [2.75, 3.05) is 12.3 Å². The minimum Gasteiger partial charge on any atom is -0.397 e. The highest BCUT2D eigenvalue weighted by molar-refractivity contribution is 5.94. The topological polar surface area (TPSA) is 51.3 Å². The summed E-state index contributed by atoms with van der Waals surface area (Å²) >= 11 is 0. The Morgan fingerprint density at radius 1 is 1.50 bits per heavy atom. The fourth-order valence-corrected chi connectivity index (χ4v) is 1.91. The monoisotopic (exact) mass is 249 g/mol. The average Bonchev–Trinajstić information content (AvgIpc) is 2.67. The molecular formula is C14H23N3O. The molecule has 18 heavy (non-hydrogen) atoms. The SMILES string of the molecule is C=CCN(C(=O)c1cc(N)cn1C(C)C)C(C)C. The zero-order valence-electron chi connectivity index (χ0n) is 11.7. The molecule has 4 heteroatoms. The summed E-state index contributed by atoms with van der Waals surface area (Å²) in [5.74, 6) is -0.00435. The molecule has 100 valence electrons. The number of aromatic nitrogens is 1. The molecule has 0 radical (unpaired) electrons. The molecule has 1 rings (SSSR count). The van der Waals surface area contributed by atoms with Crippen LogP contribution in [0.1, 0.15) is 44.2 Å². The van der Waals surface area contributed by atoms with Gasteiger partial charge in [0.25, 0.3) is 5.91 Å². The highest BCUT2D eigenvalue weighted by Crippen LogP contribution is 2.19. The Morgan fingerprint density at radius 3 is 2.56 bits per heavy atom. The normalized spacial score (nSPS) is 11.0. The third-order valence-corrected chi connectivity index (χ3v) is 2.86. The maximum atomic E-state index is 12.5. The van der Waals surface area contributed by atoms with E-state index in [9.17, 15) is 4.79 Å². The van der Waals surface area contributed by atoms with Crippen LogP contribution in [0.2, 0.25) is 0 Å². The van der Waals surface area contributed by atoms with Crippen LogP contribution >= 0.6 is 0 Å². The number of nitrogens with two attached hydrogens (primary N) is 1. The average molecular weight is 249 g/mol. The van der Waals surface area contributed by atoms with Gasteiger partial charge in [-0.1, -0.05) is 6.08 Å². The van der Waals surface area contributed by atoms with Gasteiger partial charge in [0.1, 0.15) is 5.69 Å². The Balaban J connectivity index is 3.11. The van der Waals surface area contributed by atoms with Crippen molar-refractivity contribution in [3.8, 4) is 0 Å². The van der Waals surface area contributed by atoms with Gasteiger partial charge in [-0.2, -0.15) is 0 Å². The third-order valence-electron chi connectivity index (χ3n) is 2.86. The minimum absolute atomic E-state index is 0.00435. The summed E-state index contributed by atoms with van der Waals surface area (Å²) in [7, 11) is 0. The number of hydrogen-bond acceptors (Lipinski definition) is 2. The van der Waals surface area contributed by atoms with Crippen LogP contribution in [0, 0.1) is 0 Å². The molecular weight excluding hydrogens is 226 g/mol. The number of carbonyl (C=O) groups is 1. The molecule has 0 aliphatic carbocycles. The van der Waals surface area contributed by atoms with Crippen LogP contribution in [0.3, 0.4) is 0 Å². The predicted molar refractivity (Wildman–Crippen MR) is 75.6 cm³/mol. The molecule has 0 spiro atoms. The lowest BCUT2D eigenvalue weighted by atomic mass is 10.2. The van der Waals surface area contributed by atoms with E-state index in [4.69, 9.17) is 5.73 Å². The van der Waals surface area contributed by atoms with Gasteiger partial charge >= 0.3 is 0 Å². The Kier molecular flexibility index (Phi) is 4.59. The summed E-state index contributed by atoms with van der Waals surface area (Å²) in [6, 6.07) is 2.08. The quantitative estimate of drug-likeness (QED) is 0.816. The fourth-order valence-electron chi connectivity index (χ4n) is 1.91. The molecule has 1 heterocycles. The van der Waals surface area contributed by atoms with Crippen molar-refractivity contribution in [1.29, 1.82) is 0 Å². The van der Waals surface area contributed by atoms with Crippen molar-refractivity contribution in [1.82, 2.24) is 9.47 Å². The van der Waals surface area contributed by atoms with Gasteiger partial charge in [-0.25, -0.2) is 0 Å². The first kappa shape index (κ1) is 14.4. The highest BCUT2D eigenvalue weighted by Gasteiger charge is 2.22. The van der Waals surface area contributed by atoms with Gasteiger partial charge in [0, 0.05) is 24.8 Å². The molecule has 1 amide bonds. The second-order valence-corrected chi connectivity index (χ2v) is 5.00. The summed E-state index contributed by atoms with van der Waals surface area (Å²) in [4.78, 5) is 14.3. The first-order valence-electron chi connectivity index (χ1n) is 6.27. The van der Waals surface area contributed by atoms with E-state index in [2.05, 4.69) is 6.58 Å². The Bertz CT molecular complexity index is 432.